The van der Waals surface area contributed by atoms with E-state index in [0.29, 0.717) is 31.1 Å². The summed E-state index contributed by atoms with van der Waals surface area (Å²) in [6.07, 6.45) is -4.53. The van der Waals surface area contributed by atoms with Crippen molar-refractivity contribution in [2.45, 2.75) is 13.1 Å². The van der Waals surface area contributed by atoms with E-state index in [1.165, 1.54) is 12.1 Å². The van der Waals surface area contributed by atoms with Gasteiger partial charge in [-0.1, -0.05) is 11.6 Å². The molecule has 0 unspecified atom stereocenters. The summed E-state index contributed by atoms with van der Waals surface area (Å²) in [5.74, 6) is 0.0316. The lowest BCUT2D eigenvalue weighted by Gasteiger charge is -2.14. The van der Waals surface area contributed by atoms with Gasteiger partial charge < -0.3 is 14.8 Å². The number of carbonyl (C=O) groups is 1. The van der Waals surface area contributed by atoms with Gasteiger partial charge in [-0.2, -0.15) is 13.2 Å². The van der Waals surface area contributed by atoms with Crippen LogP contribution in [0.4, 0.5) is 18.9 Å². The van der Waals surface area contributed by atoms with Crippen LogP contribution < -0.4 is 15.4 Å². The van der Waals surface area contributed by atoms with Crippen molar-refractivity contribution in [1.29, 1.82) is 0 Å². The number of nitrogens with one attached hydrogen (secondary N) is 2. The Morgan fingerprint density at radius 1 is 1.14 bits per heavy atom. The van der Waals surface area contributed by atoms with E-state index in [1.807, 2.05) is 6.92 Å². The monoisotopic (exact) mass is 446 g/mol. The normalized spacial score (nSPS) is 11.1. The average molecular weight is 447 g/mol. The summed E-state index contributed by atoms with van der Waals surface area (Å²) in [6.45, 7) is 3.32. The number of alkyl halides is 3. The summed E-state index contributed by atoms with van der Waals surface area (Å²) >= 11 is 10.9. The molecule has 0 atom stereocenters. The largest absolute Gasteiger partial charge is 0.491 e. The summed E-state index contributed by atoms with van der Waals surface area (Å²) in [5.41, 5.74) is -0.662. The molecular formula is C19H18ClF3N2O3S. The maximum Gasteiger partial charge on any atom is 0.416 e. The summed E-state index contributed by atoms with van der Waals surface area (Å²) < 4.78 is 49.1. The van der Waals surface area contributed by atoms with E-state index in [-0.39, 0.29) is 15.8 Å². The predicted octanol–water partition coefficient (Wildman–Crippen LogP) is 4.90. The van der Waals surface area contributed by atoms with Crippen LogP contribution in [0.25, 0.3) is 0 Å². The van der Waals surface area contributed by atoms with Gasteiger partial charge in [0.05, 0.1) is 22.9 Å². The molecule has 156 valence electrons. The Morgan fingerprint density at radius 3 is 2.45 bits per heavy atom. The number of amides is 1. The van der Waals surface area contributed by atoms with Crippen molar-refractivity contribution >= 4 is 40.5 Å². The van der Waals surface area contributed by atoms with Gasteiger partial charge in [0, 0.05) is 12.2 Å². The fourth-order valence-corrected chi connectivity index (χ4v) is 2.56. The Balaban J connectivity index is 1.95. The zero-order valence-electron chi connectivity index (χ0n) is 15.3. The van der Waals surface area contributed by atoms with E-state index in [2.05, 4.69) is 10.6 Å². The molecule has 0 fully saturated rings. The zero-order valence-corrected chi connectivity index (χ0v) is 16.9. The van der Waals surface area contributed by atoms with Crippen LogP contribution in [0, 0.1) is 0 Å². The second kappa shape index (κ2) is 10.4. The Morgan fingerprint density at radius 2 is 1.83 bits per heavy atom. The van der Waals surface area contributed by atoms with Crippen molar-refractivity contribution in [3.05, 3.63) is 58.6 Å². The van der Waals surface area contributed by atoms with Crippen LogP contribution >= 0.6 is 23.8 Å². The predicted molar refractivity (Wildman–Crippen MR) is 109 cm³/mol. The first-order chi connectivity index (χ1) is 13.7. The Labute approximate surface area is 176 Å². The number of hydrogen-bond acceptors (Lipinski definition) is 4. The highest BCUT2D eigenvalue weighted by Gasteiger charge is 2.31. The number of hydrogen-bond donors (Lipinski definition) is 2. The Hall–Kier alpha value is -2.36. The highest BCUT2D eigenvalue weighted by molar-refractivity contribution is 7.80. The number of thiocarbonyl (C=S) groups is 1. The van der Waals surface area contributed by atoms with Gasteiger partial charge >= 0.3 is 6.18 Å². The molecule has 0 spiro atoms. The quantitative estimate of drug-likeness (QED) is 0.468. The fraction of sp³-hybridized carbons (Fsp3) is 0.263. The fourth-order valence-electron chi connectivity index (χ4n) is 2.19. The lowest BCUT2D eigenvalue weighted by Crippen LogP contribution is -2.34. The lowest BCUT2D eigenvalue weighted by atomic mass is 10.2. The summed E-state index contributed by atoms with van der Waals surface area (Å²) in [7, 11) is 0. The number of rotatable bonds is 7. The topological polar surface area (TPSA) is 59.6 Å². The second-order valence-electron chi connectivity index (χ2n) is 5.67. The molecule has 2 N–H and O–H groups in total. The van der Waals surface area contributed by atoms with Crippen molar-refractivity contribution in [3.8, 4) is 5.75 Å². The van der Waals surface area contributed by atoms with Crippen LogP contribution in [0.3, 0.4) is 0 Å². The number of ether oxygens (including phenoxy) is 2. The van der Waals surface area contributed by atoms with Gasteiger partial charge in [-0.15, -0.1) is 0 Å². The summed E-state index contributed by atoms with van der Waals surface area (Å²) in [5, 5.41) is 4.74. The van der Waals surface area contributed by atoms with Crippen molar-refractivity contribution in [1.82, 2.24) is 5.32 Å². The van der Waals surface area contributed by atoms with Crippen molar-refractivity contribution < 1.29 is 27.4 Å². The van der Waals surface area contributed by atoms with Crippen LogP contribution in [-0.4, -0.2) is 30.8 Å². The molecule has 0 aliphatic rings. The standard InChI is InChI=1S/C19H18ClF3N2O3S/c1-2-27-9-10-28-14-6-3-12(4-7-14)17(26)25-18(29)24-16-11-13(19(21,22)23)5-8-15(16)20/h3-8,11H,2,9-10H2,1H3,(H2,24,25,26,29). The third kappa shape index (κ3) is 7.19. The van der Waals surface area contributed by atoms with Gasteiger partial charge in [0.2, 0.25) is 0 Å². The van der Waals surface area contributed by atoms with Gasteiger partial charge in [-0.25, -0.2) is 0 Å². The molecule has 2 rings (SSSR count). The molecule has 2 aromatic rings. The van der Waals surface area contributed by atoms with E-state index in [1.54, 1.807) is 12.1 Å². The third-order valence-corrected chi connectivity index (χ3v) is 4.12. The molecule has 0 radical (unpaired) electrons. The minimum Gasteiger partial charge on any atom is -0.491 e. The Kier molecular flexibility index (Phi) is 8.24. The van der Waals surface area contributed by atoms with Gasteiger partial charge in [-0.05, 0) is 61.6 Å². The minimum atomic E-state index is -4.53. The van der Waals surface area contributed by atoms with E-state index < -0.39 is 17.6 Å². The molecule has 0 saturated heterocycles. The van der Waals surface area contributed by atoms with Crippen molar-refractivity contribution in [2.75, 3.05) is 25.1 Å². The third-order valence-electron chi connectivity index (χ3n) is 3.59. The van der Waals surface area contributed by atoms with E-state index in [0.717, 1.165) is 18.2 Å². The lowest BCUT2D eigenvalue weighted by molar-refractivity contribution is -0.137. The van der Waals surface area contributed by atoms with Crippen molar-refractivity contribution in [3.63, 3.8) is 0 Å². The molecule has 0 aliphatic heterocycles. The molecule has 10 heteroatoms. The van der Waals surface area contributed by atoms with E-state index in [9.17, 15) is 18.0 Å². The van der Waals surface area contributed by atoms with E-state index in [4.69, 9.17) is 33.3 Å². The number of halogens is 4. The first kappa shape index (κ1) is 22.9. The molecule has 0 aliphatic carbocycles. The molecular weight excluding hydrogens is 429 g/mol. The maximum absolute atomic E-state index is 12.8. The second-order valence-corrected chi connectivity index (χ2v) is 6.49. The zero-order chi connectivity index (χ0) is 21.4. The first-order valence-electron chi connectivity index (χ1n) is 8.50. The maximum atomic E-state index is 12.8. The number of benzene rings is 2. The van der Waals surface area contributed by atoms with Gasteiger partial charge in [0.25, 0.3) is 5.91 Å². The SMILES string of the molecule is CCOCCOc1ccc(C(=O)NC(=S)Nc2cc(C(F)(F)F)ccc2Cl)cc1. The smallest absolute Gasteiger partial charge is 0.416 e. The molecule has 5 nitrogen and oxygen atoms in total. The minimum absolute atomic E-state index is 0.0307. The van der Waals surface area contributed by atoms with Gasteiger partial charge in [0.1, 0.15) is 12.4 Å². The molecule has 1 amide bonds. The molecule has 0 bridgehead atoms. The van der Waals surface area contributed by atoms with E-state index >= 15 is 0 Å². The Bertz CT molecular complexity index is 861. The highest BCUT2D eigenvalue weighted by atomic mass is 35.5. The molecule has 0 heterocycles. The number of carbonyl (C=O) groups excluding carboxylic acids is 1. The van der Waals surface area contributed by atoms with Gasteiger partial charge in [0.15, 0.2) is 5.11 Å². The summed E-state index contributed by atoms with van der Waals surface area (Å²) in [4.78, 5) is 12.3. The average Bonchev–Trinajstić information content (AvgIpc) is 2.66. The van der Waals surface area contributed by atoms with Crippen LogP contribution in [-0.2, 0) is 10.9 Å². The molecule has 0 saturated carbocycles. The van der Waals surface area contributed by atoms with Crippen LogP contribution in [0.15, 0.2) is 42.5 Å². The molecule has 2 aromatic carbocycles. The van der Waals surface area contributed by atoms with Crippen LogP contribution in [0.1, 0.15) is 22.8 Å². The molecule has 29 heavy (non-hydrogen) atoms. The van der Waals surface area contributed by atoms with Crippen LogP contribution in [0.5, 0.6) is 5.75 Å². The number of anilines is 1. The highest BCUT2D eigenvalue weighted by Crippen LogP contribution is 2.33. The van der Waals surface area contributed by atoms with Crippen LogP contribution in [0.2, 0.25) is 5.02 Å². The molecule has 0 aromatic heterocycles. The van der Waals surface area contributed by atoms with Crippen molar-refractivity contribution in [2.24, 2.45) is 0 Å². The first-order valence-corrected chi connectivity index (χ1v) is 9.29. The van der Waals surface area contributed by atoms with Gasteiger partial charge in [-0.3, -0.25) is 10.1 Å². The summed E-state index contributed by atoms with van der Waals surface area (Å²) in [6, 6.07) is 9.06.